The average molecular weight is 270 g/mol. The van der Waals surface area contributed by atoms with Crippen molar-refractivity contribution >= 4 is 29.0 Å². The molecule has 1 aromatic rings. The molecule has 0 saturated carbocycles. The van der Waals surface area contributed by atoms with Gasteiger partial charge in [0.15, 0.2) is 0 Å². The molecule has 0 bridgehead atoms. The van der Waals surface area contributed by atoms with E-state index in [-0.39, 0.29) is 11.2 Å². The molecule has 0 fully saturated rings. The van der Waals surface area contributed by atoms with Crippen molar-refractivity contribution in [3.05, 3.63) is 21.9 Å². The van der Waals surface area contributed by atoms with Crippen LogP contribution < -0.4 is 10.6 Å². The summed E-state index contributed by atoms with van der Waals surface area (Å²) in [6, 6.07) is 2.10. The van der Waals surface area contributed by atoms with Crippen LogP contribution in [0.2, 0.25) is 0 Å². The Bertz CT molecular complexity index is 378. The Morgan fingerprint density at radius 1 is 1.53 bits per heavy atom. The molecule has 17 heavy (non-hydrogen) atoms. The zero-order valence-corrected chi connectivity index (χ0v) is 11.6. The van der Waals surface area contributed by atoms with Crippen LogP contribution in [-0.4, -0.2) is 31.3 Å². The Labute approximate surface area is 110 Å². The molecule has 2 N–H and O–H groups in total. The molecule has 0 radical (unpaired) electrons. The fourth-order valence-electron chi connectivity index (χ4n) is 1.91. The second-order valence-electron chi connectivity index (χ2n) is 3.94. The average Bonchev–Trinajstić information content (AvgIpc) is 2.82. The lowest BCUT2D eigenvalue weighted by atomic mass is 10.1. The Kier molecular flexibility index (Phi) is 4.88. The van der Waals surface area contributed by atoms with Crippen LogP contribution in [0.25, 0.3) is 0 Å². The summed E-state index contributed by atoms with van der Waals surface area (Å²) < 4.78 is 0. The lowest BCUT2D eigenvalue weighted by Gasteiger charge is -2.21. The molecule has 1 aromatic heterocycles. The van der Waals surface area contributed by atoms with Gasteiger partial charge in [0.25, 0.3) is 0 Å². The SMILES string of the molecule is CCNCCNC(=O)C1SCCc2sccc21. The van der Waals surface area contributed by atoms with Crippen LogP contribution in [0.4, 0.5) is 0 Å². The van der Waals surface area contributed by atoms with E-state index in [9.17, 15) is 4.79 Å². The number of fused-ring (bicyclic) bond motifs is 1. The maximum Gasteiger partial charge on any atom is 0.237 e. The number of nitrogens with one attached hydrogen (secondary N) is 2. The first-order chi connectivity index (χ1) is 8.33. The van der Waals surface area contributed by atoms with E-state index >= 15 is 0 Å². The Hall–Kier alpha value is -0.520. The van der Waals surface area contributed by atoms with E-state index in [1.807, 2.05) is 0 Å². The largest absolute Gasteiger partial charge is 0.354 e. The maximum atomic E-state index is 12.1. The summed E-state index contributed by atoms with van der Waals surface area (Å²) in [4.78, 5) is 13.5. The Morgan fingerprint density at radius 2 is 2.41 bits per heavy atom. The van der Waals surface area contributed by atoms with Gasteiger partial charge >= 0.3 is 0 Å². The Morgan fingerprint density at radius 3 is 3.24 bits per heavy atom. The van der Waals surface area contributed by atoms with Crippen molar-refractivity contribution in [3.8, 4) is 0 Å². The van der Waals surface area contributed by atoms with Crippen molar-refractivity contribution in [3.63, 3.8) is 0 Å². The minimum Gasteiger partial charge on any atom is -0.354 e. The minimum absolute atomic E-state index is 0.00614. The summed E-state index contributed by atoms with van der Waals surface area (Å²) in [6.07, 6.45) is 1.11. The highest BCUT2D eigenvalue weighted by Crippen LogP contribution is 2.39. The predicted octanol–water partition coefficient (Wildman–Crippen LogP) is 1.80. The first-order valence-corrected chi connectivity index (χ1v) is 7.92. The molecule has 1 aliphatic heterocycles. The van der Waals surface area contributed by atoms with E-state index in [2.05, 4.69) is 29.0 Å². The van der Waals surface area contributed by atoms with Crippen LogP contribution in [0.1, 0.15) is 22.6 Å². The molecule has 1 amide bonds. The van der Waals surface area contributed by atoms with Crippen LogP contribution in [0.15, 0.2) is 11.4 Å². The topological polar surface area (TPSA) is 41.1 Å². The molecule has 94 valence electrons. The minimum atomic E-state index is 0.00614. The second-order valence-corrected chi connectivity index (χ2v) is 6.16. The lowest BCUT2D eigenvalue weighted by molar-refractivity contribution is -0.120. The number of thioether (sulfide) groups is 1. The zero-order chi connectivity index (χ0) is 12.1. The van der Waals surface area contributed by atoms with E-state index in [1.54, 1.807) is 23.1 Å². The lowest BCUT2D eigenvalue weighted by Crippen LogP contribution is -2.35. The van der Waals surface area contributed by atoms with Gasteiger partial charge in [0.2, 0.25) is 5.91 Å². The molecule has 0 aliphatic carbocycles. The number of hydrogen-bond donors (Lipinski definition) is 2. The molecular weight excluding hydrogens is 252 g/mol. The summed E-state index contributed by atoms with van der Waals surface area (Å²) in [5.74, 6) is 1.21. The van der Waals surface area contributed by atoms with E-state index in [0.717, 1.165) is 25.3 Å². The number of hydrogen-bond acceptors (Lipinski definition) is 4. The van der Waals surface area contributed by atoms with E-state index in [1.165, 1.54) is 10.4 Å². The van der Waals surface area contributed by atoms with E-state index < -0.39 is 0 Å². The van der Waals surface area contributed by atoms with Crippen molar-refractivity contribution in [1.29, 1.82) is 0 Å². The second kappa shape index (κ2) is 6.42. The van der Waals surface area contributed by atoms with Crippen molar-refractivity contribution < 1.29 is 4.79 Å². The fourth-order valence-corrected chi connectivity index (χ4v) is 4.22. The van der Waals surface area contributed by atoms with Crippen LogP contribution in [0, 0.1) is 0 Å². The number of carbonyl (C=O) groups excluding carboxylic acids is 1. The first kappa shape index (κ1) is 12.9. The first-order valence-electron chi connectivity index (χ1n) is 5.99. The highest BCUT2D eigenvalue weighted by molar-refractivity contribution is 8.00. The van der Waals surface area contributed by atoms with E-state index in [4.69, 9.17) is 0 Å². The molecule has 2 heterocycles. The molecule has 1 unspecified atom stereocenters. The molecule has 3 nitrogen and oxygen atoms in total. The highest BCUT2D eigenvalue weighted by atomic mass is 32.2. The van der Waals surface area contributed by atoms with Crippen molar-refractivity contribution in [1.82, 2.24) is 10.6 Å². The van der Waals surface area contributed by atoms with Gasteiger partial charge in [-0.1, -0.05) is 6.92 Å². The summed E-state index contributed by atoms with van der Waals surface area (Å²) >= 11 is 3.53. The van der Waals surface area contributed by atoms with Gasteiger partial charge < -0.3 is 10.6 Å². The van der Waals surface area contributed by atoms with Gasteiger partial charge in [0.05, 0.1) is 0 Å². The van der Waals surface area contributed by atoms with Crippen molar-refractivity contribution in [2.45, 2.75) is 18.6 Å². The molecule has 5 heteroatoms. The third-order valence-electron chi connectivity index (χ3n) is 2.77. The normalized spacial score (nSPS) is 18.8. The summed E-state index contributed by atoms with van der Waals surface area (Å²) in [7, 11) is 0. The third kappa shape index (κ3) is 3.24. The molecule has 1 aliphatic rings. The van der Waals surface area contributed by atoms with Gasteiger partial charge in [0, 0.05) is 18.0 Å². The van der Waals surface area contributed by atoms with Gasteiger partial charge in [-0.15, -0.1) is 23.1 Å². The van der Waals surface area contributed by atoms with Gasteiger partial charge in [0.1, 0.15) is 5.25 Å². The molecule has 2 rings (SSSR count). The molecule has 0 spiro atoms. The number of likely N-dealkylation sites (N-methyl/N-ethyl adjacent to an activating group) is 1. The van der Waals surface area contributed by atoms with Crippen LogP contribution in [0.3, 0.4) is 0 Å². The number of thiophene rings is 1. The summed E-state index contributed by atoms with van der Waals surface area (Å²) in [5.41, 5.74) is 1.23. The number of aryl methyl sites for hydroxylation is 1. The van der Waals surface area contributed by atoms with Gasteiger partial charge in [-0.05, 0) is 35.7 Å². The number of rotatable bonds is 5. The Balaban J connectivity index is 1.89. The van der Waals surface area contributed by atoms with Crippen LogP contribution in [0.5, 0.6) is 0 Å². The summed E-state index contributed by atoms with van der Waals surface area (Å²) in [5, 5.41) is 8.30. The summed E-state index contributed by atoms with van der Waals surface area (Å²) in [6.45, 7) is 4.57. The molecule has 0 saturated heterocycles. The molecule has 1 atom stereocenters. The standard InChI is InChI=1S/C12H18N2OS2/c1-2-13-5-6-14-12(15)11-9-3-7-16-10(9)4-8-17-11/h3,7,11,13H,2,4-6,8H2,1H3,(H,14,15). The quantitative estimate of drug-likeness (QED) is 0.802. The van der Waals surface area contributed by atoms with Crippen molar-refractivity contribution in [2.75, 3.05) is 25.4 Å². The van der Waals surface area contributed by atoms with Gasteiger partial charge in [-0.3, -0.25) is 4.79 Å². The predicted molar refractivity (Wildman–Crippen MR) is 74.8 cm³/mol. The van der Waals surface area contributed by atoms with Gasteiger partial charge in [-0.2, -0.15) is 0 Å². The zero-order valence-electron chi connectivity index (χ0n) is 9.99. The number of carbonyl (C=O) groups is 1. The van der Waals surface area contributed by atoms with E-state index in [0.29, 0.717) is 6.54 Å². The maximum absolute atomic E-state index is 12.1. The third-order valence-corrected chi connectivity index (χ3v) is 5.00. The molecule has 0 aromatic carbocycles. The number of amides is 1. The highest BCUT2D eigenvalue weighted by Gasteiger charge is 2.27. The van der Waals surface area contributed by atoms with Crippen LogP contribution >= 0.6 is 23.1 Å². The van der Waals surface area contributed by atoms with Crippen molar-refractivity contribution in [2.24, 2.45) is 0 Å². The smallest absolute Gasteiger partial charge is 0.237 e. The molecular formula is C12H18N2OS2. The monoisotopic (exact) mass is 270 g/mol. The fraction of sp³-hybridized carbons (Fsp3) is 0.583. The van der Waals surface area contributed by atoms with Crippen LogP contribution in [-0.2, 0) is 11.2 Å². The van der Waals surface area contributed by atoms with Gasteiger partial charge in [-0.25, -0.2) is 0 Å².